The maximum absolute atomic E-state index is 5.13. The molecular formula is C35H22N6. The van der Waals surface area contributed by atoms with Crippen LogP contribution in [0.2, 0.25) is 0 Å². The van der Waals surface area contributed by atoms with Gasteiger partial charge in [-0.3, -0.25) is 4.40 Å². The van der Waals surface area contributed by atoms with E-state index in [9.17, 15) is 0 Å². The summed E-state index contributed by atoms with van der Waals surface area (Å²) in [5.41, 5.74) is 7.35. The molecule has 4 aromatic carbocycles. The molecule has 0 aliphatic carbocycles. The first-order valence-electron chi connectivity index (χ1n) is 13.5. The molecule has 8 aromatic rings. The van der Waals surface area contributed by atoms with Gasteiger partial charge in [-0.25, -0.2) is 24.9 Å². The third kappa shape index (κ3) is 4.01. The number of imidazole rings is 1. The lowest BCUT2D eigenvalue weighted by Gasteiger charge is -2.10. The second-order valence-electron chi connectivity index (χ2n) is 9.83. The number of benzene rings is 4. The van der Waals surface area contributed by atoms with Crippen molar-refractivity contribution in [1.82, 2.24) is 29.3 Å². The van der Waals surface area contributed by atoms with E-state index < -0.39 is 0 Å². The number of rotatable bonds is 4. The van der Waals surface area contributed by atoms with Crippen molar-refractivity contribution in [3.05, 3.63) is 134 Å². The first-order chi connectivity index (χ1) is 20.3. The molecule has 0 bridgehead atoms. The van der Waals surface area contributed by atoms with Gasteiger partial charge in [0, 0.05) is 39.2 Å². The fourth-order valence-electron chi connectivity index (χ4n) is 5.27. The number of aromatic nitrogens is 6. The summed E-state index contributed by atoms with van der Waals surface area (Å²) in [6.07, 6.45) is 2.01. The summed E-state index contributed by atoms with van der Waals surface area (Å²) in [7, 11) is 0. The highest BCUT2D eigenvalue weighted by Gasteiger charge is 2.16. The Hall–Kier alpha value is -5.75. The van der Waals surface area contributed by atoms with Gasteiger partial charge in [0.05, 0.1) is 5.69 Å². The minimum absolute atomic E-state index is 0.624. The Morgan fingerprint density at radius 1 is 0.390 bits per heavy atom. The third-order valence-corrected chi connectivity index (χ3v) is 7.28. The normalized spacial score (nSPS) is 11.4. The lowest BCUT2D eigenvalue weighted by molar-refractivity contribution is 1.07. The maximum atomic E-state index is 5.13. The zero-order valence-corrected chi connectivity index (χ0v) is 21.9. The van der Waals surface area contributed by atoms with Gasteiger partial charge in [-0.05, 0) is 12.1 Å². The van der Waals surface area contributed by atoms with Gasteiger partial charge in [-0.1, -0.05) is 115 Å². The van der Waals surface area contributed by atoms with Gasteiger partial charge in [0.2, 0.25) is 0 Å². The zero-order valence-electron chi connectivity index (χ0n) is 21.9. The predicted octanol–water partition coefficient (Wildman–Crippen LogP) is 7.89. The smallest absolute Gasteiger partial charge is 0.165 e. The monoisotopic (exact) mass is 526 g/mol. The van der Waals surface area contributed by atoms with Crippen LogP contribution in [-0.2, 0) is 0 Å². The maximum Gasteiger partial charge on any atom is 0.165 e. The van der Waals surface area contributed by atoms with E-state index in [0.717, 1.165) is 55.5 Å². The van der Waals surface area contributed by atoms with Crippen molar-refractivity contribution in [2.45, 2.75) is 0 Å². The Balaban J connectivity index is 1.27. The van der Waals surface area contributed by atoms with Gasteiger partial charge in [0.15, 0.2) is 23.1 Å². The molecule has 0 saturated heterocycles. The lowest BCUT2D eigenvalue weighted by Crippen LogP contribution is -2.00. The molecule has 192 valence electrons. The van der Waals surface area contributed by atoms with Gasteiger partial charge in [-0.15, -0.1) is 0 Å². The predicted molar refractivity (Wildman–Crippen MR) is 163 cm³/mol. The highest BCUT2D eigenvalue weighted by atomic mass is 15.1. The van der Waals surface area contributed by atoms with Gasteiger partial charge < -0.3 is 0 Å². The number of nitrogens with zero attached hydrogens (tertiary/aromatic N) is 6. The Labute approximate surface area is 235 Å². The topological polar surface area (TPSA) is 68.9 Å². The molecule has 0 aliphatic rings. The van der Waals surface area contributed by atoms with Crippen LogP contribution in [0, 0.1) is 0 Å². The van der Waals surface area contributed by atoms with E-state index in [1.165, 1.54) is 0 Å². The summed E-state index contributed by atoms with van der Waals surface area (Å²) >= 11 is 0. The standard InChI is InChI=1S/C35H22N6/c1-3-11-24(12-4-1)32-38-33(25-13-5-2-6-14-25)40-34(39-32)26-20-18-23(19-21-26)30-27-15-7-8-16-28(27)31-35(37-30)41-22-10-9-17-29(41)36-31/h1-22H. The van der Waals surface area contributed by atoms with Crippen molar-refractivity contribution in [2.24, 2.45) is 0 Å². The van der Waals surface area contributed by atoms with Crippen molar-refractivity contribution in [3.8, 4) is 45.4 Å². The van der Waals surface area contributed by atoms with Crippen LogP contribution in [0.5, 0.6) is 0 Å². The van der Waals surface area contributed by atoms with E-state index in [1.54, 1.807) is 0 Å². The molecule has 0 fully saturated rings. The van der Waals surface area contributed by atoms with Crippen molar-refractivity contribution in [3.63, 3.8) is 0 Å². The highest BCUT2D eigenvalue weighted by Crippen LogP contribution is 2.33. The molecule has 6 heteroatoms. The molecule has 4 aromatic heterocycles. The second kappa shape index (κ2) is 9.47. The van der Waals surface area contributed by atoms with Crippen molar-refractivity contribution in [2.75, 3.05) is 0 Å². The van der Waals surface area contributed by atoms with Gasteiger partial charge in [0.25, 0.3) is 0 Å². The quantitative estimate of drug-likeness (QED) is 0.233. The summed E-state index contributed by atoms with van der Waals surface area (Å²) in [5, 5.41) is 2.15. The molecule has 6 nitrogen and oxygen atoms in total. The summed E-state index contributed by atoms with van der Waals surface area (Å²) in [6.45, 7) is 0. The second-order valence-corrected chi connectivity index (χ2v) is 9.83. The fourth-order valence-corrected chi connectivity index (χ4v) is 5.27. The number of fused-ring (bicyclic) bond motifs is 5. The van der Waals surface area contributed by atoms with Gasteiger partial charge in [-0.2, -0.15) is 0 Å². The summed E-state index contributed by atoms with van der Waals surface area (Å²) in [4.78, 5) is 24.6. The largest absolute Gasteiger partial charge is 0.284 e. The van der Waals surface area contributed by atoms with E-state index in [-0.39, 0.29) is 0 Å². The third-order valence-electron chi connectivity index (χ3n) is 7.28. The van der Waals surface area contributed by atoms with Crippen LogP contribution in [0.1, 0.15) is 0 Å². The summed E-state index contributed by atoms with van der Waals surface area (Å²) in [6, 6.07) is 42.7. The van der Waals surface area contributed by atoms with Crippen molar-refractivity contribution in [1.29, 1.82) is 0 Å². The molecule has 0 N–H and O–H groups in total. The molecule has 0 aliphatic heterocycles. The van der Waals surface area contributed by atoms with E-state index in [4.69, 9.17) is 24.9 Å². The average molecular weight is 527 g/mol. The molecule has 0 amide bonds. The highest BCUT2D eigenvalue weighted by molar-refractivity contribution is 6.09. The molecule has 0 atom stereocenters. The summed E-state index contributed by atoms with van der Waals surface area (Å²) < 4.78 is 2.04. The van der Waals surface area contributed by atoms with Gasteiger partial charge in [0.1, 0.15) is 11.2 Å². The minimum Gasteiger partial charge on any atom is -0.284 e. The fraction of sp³-hybridized carbons (Fsp3) is 0. The van der Waals surface area contributed by atoms with E-state index in [0.29, 0.717) is 17.5 Å². The van der Waals surface area contributed by atoms with E-state index >= 15 is 0 Å². The molecule has 41 heavy (non-hydrogen) atoms. The molecule has 4 heterocycles. The van der Waals surface area contributed by atoms with Crippen LogP contribution in [0.15, 0.2) is 134 Å². The first-order valence-corrected chi connectivity index (χ1v) is 13.5. The van der Waals surface area contributed by atoms with Crippen LogP contribution in [0.4, 0.5) is 0 Å². The van der Waals surface area contributed by atoms with Gasteiger partial charge >= 0.3 is 0 Å². The zero-order chi connectivity index (χ0) is 27.2. The van der Waals surface area contributed by atoms with Crippen LogP contribution in [-0.4, -0.2) is 29.3 Å². The number of hydrogen-bond acceptors (Lipinski definition) is 5. The molecule has 8 rings (SSSR count). The summed E-state index contributed by atoms with van der Waals surface area (Å²) in [5.74, 6) is 1.91. The number of pyridine rings is 2. The van der Waals surface area contributed by atoms with Crippen molar-refractivity contribution >= 4 is 27.6 Å². The average Bonchev–Trinajstić information content (AvgIpc) is 3.44. The molecule has 0 saturated carbocycles. The Kier molecular flexibility index (Phi) is 5.35. The van der Waals surface area contributed by atoms with Crippen LogP contribution in [0.25, 0.3) is 73.0 Å². The minimum atomic E-state index is 0.624. The van der Waals surface area contributed by atoms with Crippen LogP contribution in [0.3, 0.4) is 0 Å². The molecule has 0 spiro atoms. The molecule has 0 radical (unpaired) electrons. The Morgan fingerprint density at radius 2 is 0.902 bits per heavy atom. The first kappa shape index (κ1) is 23.2. The van der Waals surface area contributed by atoms with E-state index in [2.05, 4.69) is 36.4 Å². The Morgan fingerprint density at radius 3 is 1.54 bits per heavy atom. The lowest BCUT2D eigenvalue weighted by atomic mass is 10.0. The SMILES string of the molecule is c1ccc(-c2nc(-c3ccccc3)nc(-c3ccc(-c4nc5c(nc6ccccn65)c5ccccc45)cc3)n2)cc1. The molecular weight excluding hydrogens is 504 g/mol. The van der Waals surface area contributed by atoms with Crippen LogP contribution < -0.4 is 0 Å². The van der Waals surface area contributed by atoms with Crippen LogP contribution >= 0.6 is 0 Å². The number of hydrogen-bond donors (Lipinski definition) is 0. The Bertz CT molecular complexity index is 2130. The van der Waals surface area contributed by atoms with E-state index in [1.807, 2.05) is 102 Å². The molecule has 0 unspecified atom stereocenters. The van der Waals surface area contributed by atoms with Crippen molar-refractivity contribution < 1.29 is 0 Å².